The molecule has 0 fully saturated rings. The van der Waals surface area contributed by atoms with Gasteiger partial charge < -0.3 is 15.6 Å². The lowest BCUT2D eigenvalue weighted by molar-refractivity contribution is -0.137. The second-order valence-electron chi connectivity index (χ2n) is 2.98. The number of benzene rings is 1. The van der Waals surface area contributed by atoms with E-state index in [9.17, 15) is 4.79 Å². The van der Waals surface area contributed by atoms with Crippen LogP contribution in [0.4, 0.5) is 0 Å². The maximum Gasteiger partial charge on any atom is 0.305 e. The molecule has 0 aliphatic carbocycles. The van der Waals surface area contributed by atoms with Crippen molar-refractivity contribution in [2.24, 2.45) is 5.73 Å². The summed E-state index contributed by atoms with van der Waals surface area (Å²) in [6, 6.07) is 6.62. The van der Waals surface area contributed by atoms with Gasteiger partial charge in [0, 0.05) is 6.04 Å². The fourth-order valence-corrected chi connectivity index (χ4v) is 1.18. The monoisotopic (exact) mass is 231 g/mol. The Kier molecular flexibility index (Phi) is 5.74. The number of halogens is 1. The highest BCUT2D eigenvalue weighted by atomic mass is 35.5. The molecule has 0 heterocycles. The molecule has 4 nitrogen and oxygen atoms in total. The largest absolute Gasteiger partial charge is 0.497 e. The topological polar surface area (TPSA) is 72.5 Å². The van der Waals surface area contributed by atoms with E-state index in [1.807, 2.05) is 0 Å². The molecule has 0 aliphatic rings. The van der Waals surface area contributed by atoms with Crippen LogP contribution in [0.15, 0.2) is 24.3 Å². The van der Waals surface area contributed by atoms with Crippen LogP contribution >= 0.6 is 12.4 Å². The quantitative estimate of drug-likeness (QED) is 0.826. The van der Waals surface area contributed by atoms with Gasteiger partial charge in [0.2, 0.25) is 0 Å². The van der Waals surface area contributed by atoms with Crippen LogP contribution in [0.2, 0.25) is 0 Å². The van der Waals surface area contributed by atoms with Gasteiger partial charge in [-0.2, -0.15) is 0 Å². The van der Waals surface area contributed by atoms with E-state index in [4.69, 9.17) is 15.6 Å². The first-order valence-electron chi connectivity index (χ1n) is 4.25. The second kappa shape index (κ2) is 6.27. The van der Waals surface area contributed by atoms with Gasteiger partial charge in [0.05, 0.1) is 13.5 Å². The molecule has 15 heavy (non-hydrogen) atoms. The van der Waals surface area contributed by atoms with Gasteiger partial charge in [0.1, 0.15) is 5.75 Å². The maximum atomic E-state index is 10.4. The number of rotatable bonds is 4. The van der Waals surface area contributed by atoms with Crippen LogP contribution in [0.3, 0.4) is 0 Å². The minimum atomic E-state index is -0.902. The van der Waals surface area contributed by atoms with Gasteiger partial charge in [-0.3, -0.25) is 4.79 Å². The molecular formula is C10H14ClNO3. The molecule has 84 valence electrons. The lowest BCUT2D eigenvalue weighted by atomic mass is 10.0. The molecule has 1 aromatic rings. The van der Waals surface area contributed by atoms with E-state index in [1.165, 1.54) is 0 Å². The average molecular weight is 232 g/mol. The van der Waals surface area contributed by atoms with Crippen molar-refractivity contribution in [3.8, 4) is 5.75 Å². The van der Waals surface area contributed by atoms with Crippen LogP contribution in [0.5, 0.6) is 5.75 Å². The van der Waals surface area contributed by atoms with E-state index in [0.29, 0.717) is 5.75 Å². The molecule has 1 unspecified atom stereocenters. The van der Waals surface area contributed by atoms with Gasteiger partial charge in [-0.05, 0) is 17.7 Å². The zero-order valence-electron chi connectivity index (χ0n) is 8.34. The number of aliphatic carboxylic acids is 1. The lowest BCUT2D eigenvalue weighted by Gasteiger charge is -2.10. The number of carbonyl (C=O) groups is 1. The lowest BCUT2D eigenvalue weighted by Crippen LogP contribution is -2.14. The first kappa shape index (κ1) is 13.7. The predicted molar refractivity (Wildman–Crippen MR) is 59.4 cm³/mol. The number of methoxy groups -OCH3 is 1. The summed E-state index contributed by atoms with van der Waals surface area (Å²) < 4.78 is 5.01. The molecular weight excluding hydrogens is 218 g/mol. The minimum absolute atomic E-state index is 0. The molecule has 1 rings (SSSR count). The van der Waals surface area contributed by atoms with Gasteiger partial charge in [-0.15, -0.1) is 12.4 Å². The van der Waals surface area contributed by atoms with Crippen molar-refractivity contribution in [2.45, 2.75) is 12.5 Å². The molecule has 0 saturated heterocycles. The number of hydrogen-bond acceptors (Lipinski definition) is 3. The molecule has 0 aromatic heterocycles. The van der Waals surface area contributed by atoms with Crippen LogP contribution in [-0.2, 0) is 4.79 Å². The van der Waals surface area contributed by atoms with E-state index in [0.717, 1.165) is 5.56 Å². The van der Waals surface area contributed by atoms with Crippen molar-refractivity contribution in [3.05, 3.63) is 29.8 Å². The number of ether oxygens (including phenoxy) is 1. The number of carboxylic acid groups (broad SMARTS) is 1. The number of hydrogen-bond donors (Lipinski definition) is 2. The first-order chi connectivity index (χ1) is 6.63. The normalized spacial score (nSPS) is 11.3. The van der Waals surface area contributed by atoms with Crippen molar-refractivity contribution in [2.75, 3.05) is 7.11 Å². The van der Waals surface area contributed by atoms with Gasteiger partial charge in [-0.1, -0.05) is 12.1 Å². The van der Waals surface area contributed by atoms with Crippen molar-refractivity contribution in [3.63, 3.8) is 0 Å². The van der Waals surface area contributed by atoms with Crippen LogP contribution in [0.1, 0.15) is 18.0 Å². The minimum Gasteiger partial charge on any atom is -0.497 e. The smallest absolute Gasteiger partial charge is 0.305 e. The predicted octanol–water partition coefficient (Wildman–Crippen LogP) is 1.59. The average Bonchev–Trinajstić information content (AvgIpc) is 2.17. The van der Waals surface area contributed by atoms with Gasteiger partial charge in [0.25, 0.3) is 0 Å². The summed E-state index contributed by atoms with van der Waals surface area (Å²) >= 11 is 0. The van der Waals surface area contributed by atoms with E-state index in [2.05, 4.69) is 0 Å². The Morgan fingerprint density at radius 1 is 1.60 bits per heavy atom. The molecule has 0 aliphatic heterocycles. The van der Waals surface area contributed by atoms with E-state index < -0.39 is 12.0 Å². The van der Waals surface area contributed by atoms with E-state index in [-0.39, 0.29) is 18.8 Å². The Morgan fingerprint density at radius 3 is 2.80 bits per heavy atom. The molecule has 0 saturated carbocycles. The Morgan fingerprint density at radius 2 is 2.27 bits per heavy atom. The second-order valence-corrected chi connectivity index (χ2v) is 2.98. The highest BCUT2D eigenvalue weighted by molar-refractivity contribution is 5.85. The Bertz CT molecular complexity index is 330. The summed E-state index contributed by atoms with van der Waals surface area (Å²) in [4.78, 5) is 10.4. The maximum absolute atomic E-state index is 10.4. The standard InChI is InChI=1S/C10H13NO3.ClH/c1-14-8-4-2-3-7(5-8)9(11)6-10(12)13;/h2-5,9H,6,11H2,1H3,(H,12,13);1H. The number of nitrogens with two attached hydrogens (primary N) is 1. The fraction of sp³-hybridized carbons (Fsp3) is 0.300. The van der Waals surface area contributed by atoms with Crippen LogP contribution in [0, 0.1) is 0 Å². The van der Waals surface area contributed by atoms with Crippen LogP contribution < -0.4 is 10.5 Å². The molecule has 5 heteroatoms. The molecule has 0 amide bonds. The summed E-state index contributed by atoms with van der Waals surface area (Å²) in [5, 5.41) is 8.56. The third-order valence-electron chi connectivity index (χ3n) is 1.92. The molecule has 0 bridgehead atoms. The zero-order valence-corrected chi connectivity index (χ0v) is 9.16. The zero-order chi connectivity index (χ0) is 10.6. The molecule has 0 radical (unpaired) electrons. The number of carboxylic acids is 1. The fourth-order valence-electron chi connectivity index (χ4n) is 1.18. The van der Waals surface area contributed by atoms with Crippen molar-refractivity contribution < 1.29 is 14.6 Å². The van der Waals surface area contributed by atoms with E-state index >= 15 is 0 Å². The molecule has 0 spiro atoms. The summed E-state index contributed by atoms with van der Waals surface area (Å²) in [6.07, 6.45) is -0.0762. The molecule has 3 N–H and O–H groups in total. The Labute approximate surface area is 94.5 Å². The highest BCUT2D eigenvalue weighted by Crippen LogP contribution is 2.19. The first-order valence-corrected chi connectivity index (χ1v) is 4.25. The summed E-state index contributed by atoms with van der Waals surface area (Å²) in [7, 11) is 1.56. The van der Waals surface area contributed by atoms with E-state index in [1.54, 1.807) is 31.4 Å². The highest BCUT2D eigenvalue weighted by Gasteiger charge is 2.10. The van der Waals surface area contributed by atoms with Crippen LogP contribution in [0.25, 0.3) is 0 Å². The Hall–Kier alpha value is -1.26. The van der Waals surface area contributed by atoms with Crippen molar-refractivity contribution >= 4 is 18.4 Å². The third-order valence-corrected chi connectivity index (χ3v) is 1.92. The van der Waals surface area contributed by atoms with Gasteiger partial charge >= 0.3 is 5.97 Å². The van der Waals surface area contributed by atoms with Gasteiger partial charge in [-0.25, -0.2) is 0 Å². The Balaban J connectivity index is 0.00000196. The summed E-state index contributed by atoms with van der Waals surface area (Å²) in [6.45, 7) is 0. The molecule has 1 aromatic carbocycles. The third kappa shape index (κ3) is 4.18. The van der Waals surface area contributed by atoms with Crippen molar-refractivity contribution in [1.82, 2.24) is 0 Å². The SMILES string of the molecule is COc1cccc(C(N)CC(=O)O)c1.Cl. The van der Waals surface area contributed by atoms with Crippen molar-refractivity contribution in [1.29, 1.82) is 0 Å². The molecule has 1 atom stereocenters. The van der Waals surface area contributed by atoms with Crippen LogP contribution in [-0.4, -0.2) is 18.2 Å². The summed E-state index contributed by atoms with van der Waals surface area (Å²) in [5.41, 5.74) is 6.45. The summed E-state index contributed by atoms with van der Waals surface area (Å²) in [5.74, 6) is -0.219. The van der Waals surface area contributed by atoms with Gasteiger partial charge in [0.15, 0.2) is 0 Å².